The molecule has 3 amide bonds. The number of rotatable bonds is 7. The van der Waals surface area contributed by atoms with Gasteiger partial charge in [0.2, 0.25) is 0 Å². The van der Waals surface area contributed by atoms with Crippen molar-refractivity contribution in [3.63, 3.8) is 0 Å². The van der Waals surface area contributed by atoms with Crippen molar-refractivity contribution in [1.82, 2.24) is 9.88 Å². The lowest BCUT2D eigenvalue weighted by Crippen LogP contribution is -2.33. The highest BCUT2D eigenvalue weighted by Crippen LogP contribution is 2.34. The number of benzene rings is 2. The second-order valence-electron chi connectivity index (χ2n) is 6.99. The number of amides is 3. The maximum absolute atomic E-state index is 13.0. The lowest BCUT2D eigenvalue weighted by molar-refractivity contribution is -0.116. The average molecular weight is 479 g/mol. The summed E-state index contributed by atoms with van der Waals surface area (Å²) in [5.41, 5.74) is 0.857. The van der Waals surface area contributed by atoms with Crippen LogP contribution in [-0.4, -0.2) is 52.7 Å². The van der Waals surface area contributed by atoms with E-state index < -0.39 is 24.6 Å². The first-order valence-electron chi connectivity index (χ1n) is 9.43. The van der Waals surface area contributed by atoms with Crippen LogP contribution >= 0.6 is 23.2 Å². The van der Waals surface area contributed by atoms with Crippen LogP contribution in [0, 0.1) is 0 Å². The van der Waals surface area contributed by atoms with E-state index in [1.165, 1.54) is 41.3 Å². The summed E-state index contributed by atoms with van der Waals surface area (Å²) in [6, 6.07) is 8.49. The minimum atomic E-state index is -1.23. The molecule has 1 aliphatic heterocycles. The minimum absolute atomic E-state index is 0.0982. The van der Waals surface area contributed by atoms with E-state index >= 15 is 0 Å². The highest BCUT2D eigenvalue weighted by molar-refractivity contribution is 6.39. The van der Waals surface area contributed by atoms with Gasteiger partial charge < -0.3 is 19.7 Å². The molecule has 0 atom stereocenters. The number of carboxylic acid groups (broad SMARTS) is 1. The highest BCUT2D eigenvalue weighted by atomic mass is 35.5. The summed E-state index contributed by atoms with van der Waals surface area (Å²) in [5.74, 6) is -1.30. The third-order valence-corrected chi connectivity index (χ3v) is 5.48. The summed E-state index contributed by atoms with van der Waals surface area (Å²) in [5, 5.41) is 10.6. The van der Waals surface area contributed by atoms with Crippen LogP contribution in [0.1, 0.15) is 16.1 Å². The van der Waals surface area contributed by atoms with Gasteiger partial charge in [0, 0.05) is 21.5 Å². The van der Waals surface area contributed by atoms with Gasteiger partial charge in [-0.15, -0.1) is 0 Å². The minimum Gasteiger partial charge on any atom is -0.491 e. The van der Waals surface area contributed by atoms with Crippen LogP contribution in [-0.2, 0) is 11.3 Å². The number of nitrogens with one attached hydrogen (secondary N) is 1. The van der Waals surface area contributed by atoms with Crippen molar-refractivity contribution in [2.45, 2.75) is 6.54 Å². The number of alkyl halides is 1. The fourth-order valence-corrected chi connectivity index (χ4v) is 4.23. The van der Waals surface area contributed by atoms with Gasteiger partial charge in [0.25, 0.3) is 5.91 Å². The topological polar surface area (TPSA) is 103 Å². The normalized spacial score (nSPS) is 14.0. The fourth-order valence-electron chi connectivity index (χ4n) is 3.62. The van der Waals surface area contributed by atoms with E-state index in [1.54, 1.807) is 0 Å². The molecule has 1 fully saturated rings. The van der Waals surface area contributed by atoms with E-state index in [-0.39, 0.29) is 36.0 Å². The summed E-state index contributed by atoms with van der Waals surface area (Å²) in [6.07, 6.45) is 0. The third kappa shape index (κ3) is 3.96. The monoisotopic (exact) mass is 478 g/mol. The van der Waals surface area contributed by atoms with Crippen LogP contribution in [0.15, 0.2) is 36.4 Å². The van der Waals surface area contributed by atoms with Crippen molar-refractivity contribution >= 4 is 57.7 Å². The van der Waals surface area contributed by atoms with Crippen LogP contribution in [0.4, 0.5) is 14.9 Å². The molecule has 1 saturated heterocycles. The summed E-state index contributed by atoms with van der Waals surface area (Å²) in [6.45, 7) is -1.13. The largest absolute Gasteiger partial charge is 0.491 e. The standard InChI is InChI=1S/C21H16Cl2FN3O5/c22-11-7-15(23)18-14(19(20(29)30)25-16(18)8-11)9-26-10-17(28)27(21(26)31)12-1-3-13(4-2-12)32-6-5-24/h1-4,7-8,25H,5-6,9-10H2,(H,29,30)/i24-1. The molecule has 1 aliphatic rings. The number of urea groups is 1. The van der Waals surface area contributed by atoms with Crippen LogP contribution < -0.4 is 9.64 Å². The first kappa shape index (κ1) is 21.9. The van der Waals surface area contributed by atoms with Gasteiger partial charge in [-0.05, 0) is 36.4 Å². The van der Waals surface area contributed by atoms with Crippen molar-refractivity contribution in [2.75, 3.05) is 24.7 Å². The average Bonchev–Trinajstić information content (AvgIpc) is 3.24. The van der Waals surface area contributed by atoms with Crippen LogP contribution in [0.25, 0.3) is 10.9 Å². The molecule has 0 aliphatic carbocycles. The number of aromatic nitrogens is 1. The molecule has 1 aromatic heterocycles. The quantitative estimate of drug-likeness (QED) is 0.487. The van der Waals surface area contributed by atoms with Crippen molar-refractivity contribution in [1.29, 1.82) is 0 Å². The van der Waals surface area contributed by atoms with E-state index in [0.29, 0.717) is 27.4 Å². The van der Waals surface area contributed by atoms with Crippen LogP contribution in [0.5, 0.6) is 5.75 Å². The lowest BCUT2D eigenvalue weighted by Gasteiger charge is -2.18. The fraction of sp³-hybridized carbons (Fsp3) is 0.190. The first-order chi connectivity index (χ1) is 15.3. The van der Waals surface area contributed by atoms with Gasteiger partial charge in [-0.3, -0.25) is 4.79 Å². The number of halogens is 3. The molecule has 0 spiro atoms. The second kappa shape index (κ2) is 8.68. The second-order valence-corrected chi connectivity index (χ2v) is 7.84. The van der Waals surface area contributed by atoms with Crippen molar-refractivity contribution in [3.8, 4) is 5.75 Å². The Morgan fingerprint density at radius 2 is 1.91 bits per heavy atom. The molecule has 4 rings (SSSR count). The van der Waals surface area contributed by atoms with Gasteiger partial charge in [0.05, 0.1) is 17.3 Å². The number of imide groups is 1. The number of hydrogen-bond acceptors (Lipinski definition) is 4. The van der Waals surface area contributed by atoms with Crippen LogP contribution in [0.3, 0.4) is 0 Å². The maximum atomic E-state index is 13.0. The molecule has 2 heterocycles. The number of carboxylic acids is 1. The third-order valence-electron chi connectivity index (χ3n) is 4.96. The maximum Gasteiger partial charge on any atom is 0.352 e. The summed E-state index contributed by atoms with van der Waals surface area (Å²) in [7, 11) is 0. The van der Waals surface area contributed by atoms with Crippen molar-refractivity contribution in [2.24, 2.45) is 0 Å². The lowest BCUT2D eigenvalue weighted by atomic mass is 10.1. The first-order valence-corrected chi connectivity index (χ1v) is 10.2. The summed E-state index contributed by atoms with van der Waals surface area (Å²) < 4.78 is 17.4. The SMILES string of the molecule is O=C(O)c1[nH]c2cc(Cl)cc(Cl)c2c1CN1CC(=O)N(c2ccc(OCC[18F])cc2)C1=O. The highest BCUT2D eigenvalue weighted by Gasteiger charge is 2.38. The molecular weight excluding hydrogens is 463 g/mol. The molecule has 0 saturated carbocycles. The number of carbonyl (C=O) groups is 3. The molecule has 3 aromatic rings. The van der Waals surface area contributed by atoms with Gasteiger partial charge in [0.1, 0.15) is 31.3 Å². The number of anilines is 1. The Morgan fingerprint density at radius 3 is 2.56 bits per heavy atom. The molecular formula is C21H16Cl2FN3O5. The molecule has 0 bridgehead atoms. The number of ether oxygens (including phenoxy) is 1. The summed E-state index contributed by atoms with van der Waals surface area (Å²) in [4.78, 5) is 42.4. The predicted molar refractivity (Wildman–Crippen MR) is 116 cm³/mol. The van der Waals surface area contributed by atoms with Gasteiger partial charge in [0.15, 0.2) is 0 Å². The van der Waals surface area contributed by atoms with Gasteiger partial charge in [-0.2, -0.15) is 0 Å². The molecule has 32 heavy (non-hydrogen) atoms. The van der Waals surface area contributed by atoms with Crippen LogP contribution in [0.2, 0.25) is 10.0 Å². The molecule has 0 unspecified atom stereocenters. The van der Waals surface area contributed by atoms with Gasteiger partial charge in [-0.25, -0.2) is 18.9 Å². The van der Waals surface area contributed by atoms with E-state index in [2.05, 4.69) is 4.98 Å². The zero-order valence-electron chi connectivity index (χ0n) is 16.4. The molecule has 166 valence electrons. The molecule has 8 nitrogen and oxygen atoms in total. The summed E-state index contributed by atoms with van der Waals surface area (Å²) >= 11 is 12.3. The van der Waals surface area contributed by atoms with E-state index in [4.69, 9.17) is 27.9 Å². The molecule has 2 aromatic carbocycles. The number of H-pyrrole nitrogens is 1. The van der Waals surface area contributed by atoms with E-state index in [0.717, 1.165) is 4.90 Å². The smallest absolute Gasteiger partial charge is 0.352 e. The molecule has 11 heteroatoms. The number of fused-ring (bicyclic) bond motifs is 1. The van der Waals surface area contributed by atoms with E-state index in [1.807, 2.05) is 0 Å². The predicted octanol–water partition coefficient (Wildman–Crippen LogP) is 4.49. The van der Waals surface area contributed by atoms with E-state index in [9.17, 15) is 23.9 Å². The number of carbonyl (C=O) groups excluding carboxylic acids is 2. The Kier molecular flexibility index (Phi) is 5.94. The van der Waals surface area contributed by atoms with Crippen molar-refractivity contribution in [3.05, 3.63) is 57.7 Å². The zero-order chi connectivity index (χ0) is 23.0. The Morgan fingerprint density at radius 1 is 1.19 bits per heavy atom. The molecule has 2 N–H and O–H groups in total. The van der Waals surface area contributed by atoms with Gasteiger partial charge in [-0.1, -0.05) is 23.2 Å². The number of nitrogens with zero attached hydrogens (tertiary/aromatic N) is 2. The number of hydrogen-bond donors (Lipinski definition) is 2. The number of aromatic carboxylic acids is 1. The van der Waals surface area contributed by atoms with Gasteiger partial charge >= 0.3 is 12.0 Å². The molecule has 0 radical (unpaired) electrons. The Bertz CT molecular complexity index is 1230. The zero-order valence-corrected chi connectivity index (χ0v) is 17.9. The number of aromatic amines is 1. The Hall–Kier alpha value is -3.30. The Balaban J connectivity index is 1.63. The Labute approximate surface area is 191 Å². The van der Waals surface area contributed by atoms with Crippen molar-refractivity contribution < 1.29 is 28.6 Å².